The van der Waals surface area contributed by atoms with Gasteiger partial charge in [-0.15, -0.1) is 0 Å². The summed E-state index contributed by atoms with van der Waals surface area (Å²) in [5.74, 6) is -4.39. The van der Waals surface area contributed by atoms with Crippen LogP contribution >= 0.6 is 0 Å². The fourth-order valence-electron chi connectivity index (χ4n) is 2.98. The van der Waals surface area contributed by atoms with E-state index in [-0.39, 0.29) is 11.1 Å². The molecule has 1 unspecified atom stereocenters. The van der Waals surface area contributed by atoms with Gasteiger partial charge >= 0.3 is 5.97 Å². The van der Waals surface area contributed by atoms with E-state index in [9.17, 15) is 19.2 Å². The van der Waals surface area contributed by atoms with Crippen LogP contribution in [0, 0.1) is 5.92 Å². The molecule has 1 amide bonds. The van der Waals surface area contributed by atoms with E-state index in [1.54, 1.807) is 36.4 Å². The number of nitrogens with one attached hydrogen (secondary N) is 1. The van der Waals surface area contributed by atoms with E-state index >= 15 is 0 Å². The van der Waals surface area contributed by atoms with E-state index < -0.39 is 35.9 Å². The summed E-state index contributed by atoms with van der Waals surface area (Å²) < 4.78 is 5.19. The first-order valence-corrected chi connectivity index (χ1v) is 7.79. The highest BCUT2D eigenvalue weighted by molar-refractivity contribution is 6.36. The number of ketones is 2. The second-order valence-electron chi connectivity index (χ2n) is 5.73. The molecule has 3 rings (SSSR count). The van der Waals surface area contributed by atoms with Crippen molar-refractivity contribution in [2.24, 2.45) is 5.92 Å². The number of hydrogen-bond donors (Lipinski definition) is 2. The Morgan fingerprint density at radius 3 is 2.46 bits per heavy atom. The third-order valence-electron chi connectivity index (χ3n) is 4.16. The van der Waals surface area contributed by atoms with Gasteiger partial charge in [-0.05, 0) is 23.3 Å². The number of rotatable bonds is 5. The molecule has 0 bridgehead atoms. The first kappa shape index (κ1) is 17.3. The van der Waals surface area contributed by atoms with E-state index in [0.717, 1.165) is 0 Å². The molecule has 0 spiro atoms. The van der Waals surface area contributed by atoms with Gasteiger partial charge in [0.2, 0.25) is 5.91 Å². The number of methoxy groups -OCH3 is 1. The quantitative estimate of drug-likeness (QED) is 0.790. The lowest BCUT2D eigenvalue weighted by Gasteiger charge is -2.09. The zero-order valence-electron chi connectivity index (χ0n) is 13.8. The maximum atomic E-state index is 12.8. The van der Waals surface area contributed by atoms with Gasteiger partial charge in [0.25, 0.3) is 0 Å². The minimum absolute atomic E-state index is 0.158. The van der Waals surface area contributed by atoms with Crippen LogP contribution < -0.4 is 10.1 Å². The molecule has 0 radical (unpaired) electrons. The van der Waals surface area contributed by atoms with Gasteiger partial charge in [0.05, 0.1) is 7.11 Å². The summed E-state index contributed by atoms with van der Waals surface area (Å²) in [5.41, 5.74) is 1.52. The second kappa shape index (κ2) is 6.79. The molecule has 2 aromatic carbocycles. The first-order valence-electron chi connectivity index (χ1n) is 7.79. The van der Waals surface area contributed by atoms with Crippen molar-refractivity contribution in [3.8, 4) is 16.9 Å². The molecule has 0 saturated heterocycles. The summed E-state index contributed by atoms with van der Waals surface area (Å²) in [6.07, 6.45) is 0. The average Bonchev–Trinajstić information content (AvgIpc) is 2.90. The highest BCUT2D eigenvalue weighted by Gasteiger charge is 2.44. The molecule has 0 aromatic heterocycles. The average molecular weight is 353 g/mol. The smallest absolute Gasteiger partial charge is 0.322 e. The van der Waals surface area contributed by atoms with Crippen LogP contribution in [0.5, 0.6) is 5.75 Å². The van der Waals surface area contributed by atoms with Crippen molar-refractivity contribution in [3.05, 3.63) is 53.6 Å². The number of hydrogen-bond acceptors (Lipinski definition) is 5. The molecular formula is C19H15NO6. The van der Waals surface area contributed by atoms with Gasteiger partial charge in [0.15, 0.2) is 17.5 Å². The number of Topliss-reactive ketones (excluding diaryl/α,β-unsaturated/α-hetero) is 2. The van der Waals surface area contributed by atoms with Crippen LogP contribution in [0.4, 0.5) is 0 Å². The molecular weight excluding hydrogens is 338 g/mol. The van der Waals surface area contributed by atoms with Crippen molar-refractivity contribution in [1.82, 2.24) is 5.32 Å². The molecule has 26 heavy (non-hydrogen) atoms. The molecule has 0 saturated carbocycles. The van der Waals surface area contributed by atoms with E-state index in [2.05, 4.69) is 5.32 Å². The Labute approximate surface area is 148 Å². The Balaban J connectivity index is 2.02. The molecule has 0 fully saturated rings. The van der Waals surface area contributed by atoms with E-state index in [4.69, 9.17) is 9.84 Å². The minimum Gasteiger partial charge on any atom is -0.497 e. The Morgan fingerprint density at radius 2 is 1.77 bits per heavy atom. The van der Waals surface area contributed by atoms with E-state index in [0.29, 0.717) is 16.9 Å². The number of amides is 1. The van der Waals surface area contributed by atoms with Crippen molar-refractivity contribution >= 4 is 23.4 Å². The van der Waals surface area contributed by atoms with Crippen LogP contribution in [-0.2, 0) is 9.59 Å². The van der Waals surface area contributed by atoms with Crippen molar-refractivity contribution in [2.75, 3.05) is 13.7 Å². The predicted octanol–water partition coefficient (Wildman–Crippen LogP) is 1.56. The zero-order chi connectivity index (χ0) is 18.8. The normalized spacial score (nSPS) is 15.5. The number of benzene rings is 2. The Hall–Kier alpha value is -3.48. The number of aliphatic carboxylic acids is 1. The number of carbonyl (C=O) groups excluding carboxylic acids is 3. The summed E-state index contributed by atoms with van der Waals surface area (Å²) in [6, 6.07) is 11.8. The minimum atomic E-state index is -1.56. The maximum absolute atomic E-state index is 12.8. The summed E-state index contributed by atoms with van der Waals surface area (Å²) in [5, 5.41) is 10.8. The van der Waals surface area contributed by atoms with Gasteiger partial charge < -0.3 is 15.2 Å². The Kier molecular flexibility index (Phi) is 4.53. The molecule has 1 aliphatic rings. The van der Waals surface area contributed by atoms with Crippen LogP contribution in [0.25, 0.3) is 11.1 Å². The molecule has 7 nitrogen and oxygen atoms in total. The molecule has 0 aliphatic heterocycles. The van der Waals surface area contributed by atoms with Gasteiger partial charge in [-0.25, -0.2) is 0 Å². The molecule has 1 atom stereocenters. The number of carboxylic acids is 1. The molecule has 132 valence electrons. The van der Waals surface area contributed by atoms with Crippen LogP contribution in [0.2, 0.25) is 0 Å². The lowest BCUT2D eigenvalue weighted by molar-refractivity contribution is -0.138. The number of fused-ring (bicyclic) bond motifs is 1. The Morgan fingerprint density at radius 1 is 1.08 bits per heavy atom. The molecule has 7 heteroatoms. The van der Waals surface area contributed by atoms with Crippen LogP contribution in [0.3, 0.4) is 0 Å². The highest BCUT2D eigenvalue weighted by Crippen LogP contribution is 2.36. The van der Waals surface area contributed by atoms with Gasteiger partial charge in [0, 0.05) is 11.1 Å². The molecule has 2 aromatic rings. The number of ether oxygens (including phenoxy) is 1. The van der Waals surface area contributed by atoms with Crippen molar-refractivity contribution in [3.63, 3.8) is 0 Å². The first-order chi connectivity index (χ1) is 12.4. The van der Waals surface area contributed by atoms with Gasteiger partial charge in [0.1, 0.15) is 12.3 Å². The lowest BCUT2D eigenvalue weighted by Crippen LogP contribution is -2.39. The lowest BCUT2D eigenvalue weighted by atomic mass is 9.95. The molecule has 1 aliphatic carbocycles. The van der Waals surface area contributed by atoms with Crippen molar-refractivity contribution in [2.45, 2.75) is 0 Å². The number of carboxylic acid groups (broad SMARTS) is 1. The van der Waals surface area contributed by atoms with Gasteiger partial charge in [-0.1, -0.05) is 30.3 Å². The van der Waals surface area contributed by atoms with Gasteiger partial charge in [-0.3, -0.25) is 19.2 Å². The monoisotopic (exact) mass is 353 g/mol. The summed E-state index contributed by atoms with van der Waals surface area (Å²) in [7, 11) is 1.52. The molecule has 0 heterocycles. The summed E-state index contributed by atoms with van der Waals surface area (Å²) >= 11 is 0. The van der Waals surface area contributed by atoms with Crippen LogP contribution in [0.15, 0.2) is 42.5 Å². The standard InChI is InChI=1S/C19H15NO6/c1-26-11-5-2-4-10(8-11)12-6-3-7-13-15(12)18(24)16(17(13)23)19(25)20-9-14(21)22/h2-8,16H,9H2,1H3,(H,20,25)(H,21,22). The van der Waals surface area contributed by atoms with E-state index in [1.165, 1.54) is 13.2 Å². The summed E-state index contributed by atoms with van der Waals surface area (Å²) in [6.45, 7) is -0.658. The zero-order valence-corrected chi connectivity index (χ0v) is 13.8. The number of carbonyl (C=O) groups is 4. The second-order valence-corrected chi connectivity index (χ2v) is 5.73. The van der Waals surface area contributed by atoms with Gasteiger partial charge in [-0.2, -0.15) is 0 Å². The SMILES string of the molecule is COc1cccc(-c2cccc3c2C(=O)C(C(=O)NCC(=O)O)C3=O)c1. The summed E-state index contributed by atoms with van der Waals surface area (Å²) in [4.78, 5) is 48.1. The van der Waals surface area contributed by atoms with Crippen LogP contribution in [-0.4, -0.2) is 42.2 Å². The Bertz CT molecular complexity index is 933. The third-order valence-corrected chi connectivity index (χ3v) is 4.16. The largest absolute Gasteiger partial charge is 0.497 e. The third kappa shape index (κ3) is 2.95. The maximum Gasteiger partial charge on any atom is 0.322 e. The highest BCUT2D eigenvalue weighted by atomic mass is 16.5. The van der Waals surface area contributed by atoms with Crippen molar-refractivity contribution < 1.29 is 29.0 Å². The van der Waals surface area contributed by atoms with Crippen LogP contribution in [0.1, 0.15) is 20.7 Å². The van der Waals surface area contributed by atoms with E-state index in [1.807, 2.05) is 0 Å². The van der Waals surface area contributed by atoms with Crippen molar-refractivity contribution in [1.29, 1.82) is 0 Å². The topological polar surface area (TPSA) is 110 Å². The molecule has 2 N–H and O–H groups in total. The fraction of sp³-hybridized carbons (Fsp3) is 0.158. The predicted molar refractivity (Wildman–Crippen MR) is 91.2 cm³/mol. The fourth-order valence-corrected chi connectivity index (χ4v) is 2.98.